The summed E-state index contributed by atoms with van der Waals surface area (Å²) >= 11 is 5.67. The number of nitrogens with zero attached hydrogens (tertiary/aromatic N) is 3. The Morgan fingerprint density at radius 1 is 1.22 bits per heavy atom. The molecule has 0 aliphatic carbocycles. The topological polar surface area (TPSA) is 87.8 Å². The Labute approximate surface area is 201 Å². The zero-order valence-electron chi connectivity index (χ0n) is 17.0. The summed E-state index contributed by atoms with van der Waals surface area (Å²) in [6.07, 6.45) is 0. The minimum atomic E-state index is -0.192. The van der Waals surface area contributed by atoms with Crippen molar-refractivity contribution >= 4 is 68.0 Å². The number of carbonyl (C=O) groups excluding carboxylic acids is 1. The van der Waals surface area contributed by atoms with Gasteiger partial charge in [0, 0.05) is 27.3 Å². The van der Waals surface area contributed by atoms with Gasteiger partial charge < -0.3 is 5.32 Å². The SMILES string of the molecule is CCn1c(SCC(=O)Nc2ccccc2SCC#N)nc2scc(-c3cccs3)c2c1=O. The second kappa shape index (κ2) is 10.4. The van der Waals surface area contributed by atoms with E-state index >= 15 is 0 Å². The lowest BCUT2D eigenvalue weighted by molar-refractivity contribution is -0.113. The van der Waals surface area contributed by atoms with Gasteiger partial charge in [-0.15, -0.1) is 34.4 Å². The number of thiophene rings is 2. The van der Waals surface area contributed by atoms with E-state index in [-0.39, 0.29) is 17.2 Å². The molecule has 0 unspecified atom stereocenters. The van der Waals surface area contributed by atoms with Crippen LogP contribution in [0.3, 0.4) is 0 Å². The van der Waals surface area contributed by atoms with Gasteiger partial charge in [-0.05, 0) is 30.5 Å². The van der Waals surface area contributed by atoms with Crippen molar-refractivity contribution in [2.24, 2.45) is 0 Å². The molecule has 4 rings (SSSR count). The van der Waals surface area contributed by atoms with Crippen molar-refractivity contribution in [3.8, 4) is 16.5 Å². The van der Waals surface area contributed by atoms with Gasteiger partial charge in [0.25, 0.3) is 5.56 Å². The van der Waals surface area contributed by atoms with Crippen LogP contribution in [-0.4, -0.2) is 27.0 Å². The van der Waals surface area contributed by atoms with Crippen molar-refractivity contribution in [3.05, 3.63) is 57.5 Å². The fourth-order valence-corrected chi connectivity index (χ4v) is 6.47. The third-order valence-corrected chi connectivity index (χ3v) is 8.24. The monoisotopic (exact) mass is 498 g/mol. The summed E-state index contributed by atoms with van der Waals surface area (Å²) in [4.78, 5) is 33.1. The number of aromatic nitrogens is 2. The third kappa shape index (κ3) is 4.76. The highest BCUT2D eigenvalue weighted by Crippen LogP contribution is 2.34. The van der Waals surface area contributed by atoms with Crippen LogP contribution in [0.2, 0.25) is 0 Å². The van der Waals surface area contributed by atoms with Crippen molar-refractivity contribution < 1.29 is 4.79 Å². The molecule has 0 spiro atoms. The Bertz CT molecular complexity index is 1350. The highest BCUT2D eigenvalue weighted by atomic mass is 32.2. The van der Waals surface area contributed by atoms with E-state index in [1.807, 2.05) is 54.1 Å². The average molecular weight is 499 g/mol. The van der Waals surface area contributed by atoms with Crippen LogP contribution in [-0.2, 0) is 11.3 Å². The molecule has 0 saturated carbocycles. The lowest BCUT2D eigenvalue weighted by Crippen LogP contribution is -2.23. The second-order valence-electron chi connectivity index (χ2n) is 6.53. The fraction of sp³-hybridized carbons (Fsp3) is 0.182. The van der Waals surface area contributed by atoms with Gasteiger partial charge in [0.2, 0.25) is 5.91 Å². The van der Waals surface area contributed by atoms with E-state index in [0.717, 1.165) is 15.3 Å². The molecule has 3 aromatic heterocycles. The molecule has 0 atom stereocenters. The number of carbonyl (C=O) groups is 1. The number of hydrogen-bond acceptors (Lipinski definition) is 8. The lowest BCUT2D eigenvalue weighted by atomic mass is 10.2. The molecule has 0 bridgehead atoms. The maximum atomic E-state index is 13.2. The fourth-order valence-electron chi connectivity index (χ4n) is 3.13. The van der Waals surface area contributed by atoms with E-state index in [9.17, 15) is 9.59 Å². The van der Waals surface area contributed by atoms with Gasteiger partial charge in [0.15, 0.2) is 5.16 Å². The molecule has 10 heteroatoms. The quantitative estimate of drug-likeness (QED) is 0.253. The van der Waals surface area contributed by atoms with Crippen molar-refractivity contribution in [1.29, 1.82) is 5.26 Å². The predicted molar refractivity (Wildman–Crippen MR) is 135 cm³/mol. The molecule has 0 aliphatic heterocycles. The highest BCUT2D eigenvalue weighted by Gasteiger charge is 2.18. The zero-order valence-corrected chi connectivity index (χ0v) is 20.3. The predicted octanol–water partition coefficient (Wildman–Crippen LogP) is 5.55. The molecular weight excluding hydrogens is 481 g/mol. The van der Waals surface area contributed by atoms with Crippen molar-refractivity contribution in [3.63, 3.8) is 0 Å². The van der Waals surface area contributed by atoms with Crippen LogP contribution in [0, 0.1) is 11.3 Å². The van der Waals surface area contributed by atoms with Crippen LogP contribution in [0.4, 0.5) is 5.69 Å². The molecule has 32 heavy (non-hydrogen) atoms. The van der Waals surface area contributed by atoms with Gasteiger partial charge in [-0.25, -0.2) is 4.98 Å². The molecule has 3 heterocycles. The van der Waals surface area contributed by atoms with Gasteiger partial charge in [0.05, 0.1) is 28.6 Å². The van der Waals surface area contributed by atoms with Gasteiger partial charge in [0.1, 0.15) is 4.83 Å². The van der Waals surface area contributed by atoms with Crippen LogP contribution in [0.1, 0.15) is 6.92 Å². The number of nitriles is 1. The van der Waals surface area contributed by atoms with Crippen LogP contribution in [0.15, 0.2) is 62.0 Å². The summed E-state index contributed by atoms with van der Waals surface area (Å²) in [5, 5.41) is 16.9. The van der Waals surface area contributed by atoms with Crippen LogP contribution in [0.25, 0.3) is 20.7 Å². The van der Waals surface area contributed by atoms with Gasteiger partial charge in [-0.3, -0.25) is 14.2 Å². The molecule has 0 aliphatic rings. The molecule has 6 nitrogen and oxygen atoms in total. The van der Waals surface area contributed by atoms with E-state index in [2.05, 4.69) is 11.4 Å². The van der Waals surface area contributed by atoms with Crippen LogP contribution < -0.4 is 10.9 Å². The maximum absolute atomic E-state index is 13.2. The van der Waals surface area contributed by atoms with Crippen molar-refractivity contribution in [1.82, 2.24) is 9.55 Å². The number of nitrogens with one attached hydrogen (secondary N) is 1. The Morgan fingerprint density at radius 2 is 2.06 bits per heavy atom. The van der Waals surface area contributed by atoms with E-state index in [4.69, 9.17) is 10.2 Å². The summed E-state index contributed by atoms with van der Waals surface area (Å²) in [6.45, 7) is 2.37. The Hall–Kier alpha value is -2.58. The Morgan fingerprint density at radius 3 is 2.81 bits per heavy atom. The van der Waals surface area contributed by atoms with E-state index in [1.54, 1.807) is 15.9 Å². The number of benzene rings is 1. The standard InChI is InChI=1S/C22H18N4O2S4/c1-2-26-21(28)19-14(16-8-5-10-29-16)12-31-20(19)25-22(26)32-13-18(27)24-15-6-3-4-7-17(15)30-11-9-23/h3-8,10,12H,2,11,13H2,1H3,(H,24,27). The first-order valence-corrected chi connectivity index (χ1v) is 13.4. The first-order chi connectivity index (χ1) is 15.6. The number of fused-ring (bicyclic) bond motifs is 1. The first-order valence-electron chi connectivity index (χ1n) is 9.69. The number of para-hydroxylation sites is 1. The summed E-state index contributed by atoms with van der Waals surface area (Å²) in [5.74, 6) is 0.239. The van der Waals surface area contributed by atoms with E-state index in [0.29, 0.717) is 33.4 Å². The molecule has 1 amide bonds. The molecule has 1 N–H and O–H groups in total. The van der Waals surface area contributed by atoms with E-state index in [1.165, 1.54) is 34.9 Å². The third-order valence-electron chi connectivity index (χ3n) is 4.55. The molecule has 4 aromatic rings. The second-order valence-corrected chi connectivity index (χ2v) is 10.3. The summed E-state index contributed by atoms with van der Waals surface area (Å²) in [7, 11) is 0. The highest BCUT2D eigenvalue weighted by molar-refractivity contribution is 8.00. The summed E-state index contributed by atoms with van der Waals surface area (Å²) in [6, 6.07) is 13.5. The minimum Gasteiger partial charge on any atom is -0.324 e. The largest absolute Gasteiger partial charge is 0.324 e. The van der Waals surface area contributed by atoms with Crippen molar-refractivity contribution in [2.45, 2.75) is 23.5 Å². The Kier molecular flexibility index (Phi) is 7.32. The van der Waals surface area contributed by atoms with Crippen LogP contribution >= 0.6 is 46.2 Å². The minimum absolute atomic E-state index is 0.0803. The lowest BCUT2D eigenvalue weighted by Gasteiger charge is -2.12. The Balaban J connectivity index is 1.55. The summed E-state index contributed by atoms with van der Waals surface area (Å²) in [5.41, 5.74) is 1.51. The molecular formula is C22H18N4O2S4. The van der Waals surface area contributed by atoms with Crippen molar-refractivity contribution in [2.75, 3.05) is 16.8 Å². The molecule has 0 fully saturated rings. The van der Waals surface area contributed by atoms with Gasteiger partial charge >= 0.3 is 0 Å². The zero-order chi connectivity index (χ0) is 22.5. The first kappa shape index (κ1) is 22.6. The smallest absolute Gasteiger partial charge is 0.263 e. The number of rotatable bonds is 8. The van der Waals surface area contributed by atoms with Gasteiger partial charge in [-0.1, -0.05) is 30.0 Å². The molecule has 0 saturated heterocycles. The molecule has 0 radical (unpaired) electrons. The average Bonchev–Trinajstić information content (AvgIpc) is 3.47. The number of amides is 1. The number of anilines is 1. The van der Waals surface area contributed by atoms with E-state index < -0.39 is 0 Å². The molecule has 1 aromatic carbocycles. The van der Waals surface area contributed by atoms with Gasteiger partial charge in [-0.2, -0.15) is 5.26 Å². The number of thioether (sulfide) groups is 2. The molecule has 162 valence electrons. The maximum Gasteiger partial charge on any atom is 0.263 e. The summed E-state index contributed by atoms with van der Waals surface area (Å²) < 4.78 is 1.63. The normalized spacial score (nSPS) is 10.9. The van der Waals surface area contributed by atoms with Crippen LogP contribution in [0.5, 0.6) is 0 Å². The number of hydrogen-bond donors (Lipinski definition) is 1.